The Balaban J connectivity index is 1.33. The summed E-state index contributed by atoms with van der Waals surface area (Å²) in [7, 11) is -3.45. The molecule has 3 atom stereocenters. The summed E-state index contributed by atoms with van der Waals surface area (Å²) in [6, 6.07) is 4.85. The van der Waals surface area contributed by atoms with Gasteiger partial charge in [0.1, 0.15) is 10.7 Å². The highest BCUT2D eigenvalue weighted by molar-refractivity contribution is 7.90. The highest BCUT2D eigenvalue weighted by Gasteiger charge is 2.59. The quantitative estimate of drug-likeness (QED) is 0.755. The standard InChI is InChI=1S/C22H29N5O3S/c1-31(28,29)20-6-13(8-24-22(20)23)18-7-19(27(25-18)14-4-2-3-5-14)21-16-9-26(10-17(16)21)15-11-30-12-15/h6-8,14-17,21H,2-5,9-12H2,1H3,(H2,23,24)/t16-,17+,21+. The van der Waals surface area contributed by atoms with E-state index in [-0.39, 0.29) is 10.7 Å². The Morgan fingerprint density at radius 2 is 1.81 bits per heavy atom. The number of anilines is 1. The van der Waals surface area contributed by atoms with Crippen LogP contribution in [0, 0.1) is 11.8 Å². The van der Waals surface area contributed by atoms with Crippen LogP contribution in [0.1, 0.15) is 43.3 Å². The van der Waals surface area contributed by atoms with Gasteiger partial charge in [0.2, 0.25) is 0 Å². The minimum Gasteiger partial charge on any atom is -0.383 e. The molecule has 2 aromatic heterocycles. The van der Waals surface area contributed by atoms with Crippen molar-refractivity contribution in [2.75, 3.05) is 38.3 Å². The van der Waals surface area contributed by atoms with E-state index >= 15 is 0 Å². The number of nitrogens with zero attached hydrogens (tertiary/aromatic N) is 4. The van der Waals surface area contributed by atoms with Crippen molar-refractivity contribution in [1.29, 1.82) is 0 Å². The van der Waals surface area contributed by atoms with Gasteiger partial charge in [-0.15, -0.1) is 0 Å². The van der Waals surface area contributed by atoms with E-state index in [1.54, 1.807) is 12.3 Å². The molecule has 8 nitrogen and oxygen atoms in total. The van der Waals surface area contributed by atoms with E-state index in [9.17, 15) is 8.42 Å². The number of rotatable bonds is 5. The maximum Gasteiger partial charge on any atom is 0.179 e. The Morgan fingerprint density at radius 1 is 1.10 bits per heavy atom. The molecule has 6 rings (SSSR count). The Kier molecular flexibility index (Phi) is 4.46. The lowest BCUT2D eigenvalue weighted by Gasteiger charge is -2.35. The zero-order valence-electron chi connectivity index (χ0n) is 17.8. The Labute approximate surface area is 182 Å². The highest BCUT2D eigenvalue weighted by atomic mass is 32.2. The van der Waals surface area contributed by atoms with E-state index in [0.717, 1.165) is 51.1 Å². The first-order valence-corrected chi connectivity index (χ1v) is 13.2. The number of pyridine rings is 1. The van der Waals surface area contributed by atoms with E-state index in [4.69, 9.17) is 15.6 Å². The van der Waals surface area contributed by atoms with Crippen molar-refractivity contribution in [2.45, 2.75) is 48.6 Å². The van der Waals surface area contributed by atoms with Gasteiger partial charge in [-0.05, 0) is 36.8 Å². The van der Waals surface area contributed by atoms with Gasteiger partial charge in [-0.25, -0.2) is 13.4 Å². The number of hydrogen-bond acceptors (Lipinski definition) is 7. The number of piperidine rings is 1. The molecule has 0 aromatic carbocycles. The molecule has 2 aliphatic heterocycles. The number of nitrogens with two attached hydrogens (primary N) is 1. The molecule has 2 saturated heterocycles. The molecule has 2 N–H and O–H groups in total. The molecule has 2 aliphatic carbocycles. The molecule has 9 heteroatoms. The van der Waals surface area contributed by atoms with Crippen molar-refractivity contribution in [1.82, 2.24) is 19.7 Å². The lowest BCUT2D eigenvalue weighted by Crippen LogP contribution is -2.48. The molecule has 2 saturated carbocycles. The minimum absolute atomic E-state index is 0.0403. The number of aromatic nitrogens is 3. The monoisotopic (exact) mass is 443 g/mol. The van der Waals surface area contributed by atoms with Gasteiger partial charge in [-0.2, -0.15) is 5.10 Å². The van der Waals surface area contributed by atoms with Gasteiger partial charge in [-0.1, -0.05) is 12.8 Å². The van der Waals surface area contributed by atoms with Crippen LogP contribution in [0.4, 0.5) is 5.82 Å². The number of ether oxygens (including phenoxy) is 1. The molecule has 4 aliphatic rings. The molecule has 166 valence electrons. The summed E-state index contributed by atoms with van der Waals surface area (Å²) in [4.78, 5) is 6.82. The van der Waals surface area contributed by atoms with Gasteiger partial charge in [0, 0.05) is 42.7 Å². The van der Waals surface area contributed by atoms with Gasteiger partial charge in [0.25, 0.3) is 0 Å². The van der Waals surface area contributed by atoms with Crippen LogP contribution in [0.15, 0.2) is 23.2 Å². The molecule has 0 amide bonds. The predicted octanol–water partition coefficient (Wildman–Crippen LogP) is 2.09. The van der Waals surface area contributed by atoms with Gasteiger partial charge in [0.05, 0.1) is 31.0 Å². The molecule has 4 fully saturated rings. The molecule has 0 bridgehead atoms. The average molecular weight is 444 g/mol. The van der Waals surface area contributed by atoms with Crippen molar-refractivity contribution in [3.63, 3.8) is 0 Å². The summed E-state index contributed by atoms with van der Waals surface area (Å²) in [5.74, 6) is 1.98. The smallest absolute Gasteiger partial charge is 0.179 e. The van der Waals surface area contributed by atoms with Crippen molar-refractivity contribution < 1.29 is 13.2 Å². The summed E-state index contributed by atoms with van der Waals surface area (Å²) in [6.45, 7) is 4.05. The summed E-state index contributed by atoms with van der Waals surface area (Å²) in [5.41, 5.74) is 8.67. The van der Waals surface area contributed by atoms with Crippen LogP contribution in [0.25, 0.3) is 11.3 Å². The number of nitrogen functional groups attached to an aromatic ring is 1. The fourth-order valence-corrected chi connectivity index (χ4v) is 6.64. The van der Waals surface area contributed by atoms with E-state index in [0.29, 0.717) is 35.4 Å². The van der Waals surface area contributed by atoms with Gasteiger partial charge < -0.3 is 10.5 Å². The first kappa shape index (κ1) is 19.7. The van der Waals surface area contributed by atoms with Crippen LogP contribution in [-0.4, -0.2) is 66.7 Å². The van der Waals surface area contributed by atoms with Crippen LogP contribution in [-0.2, 0) is 14.6 Å². The van der Waals surface area contributed by atoms with E-state index in [1.807, 2.05) is 0 Å². The number of sulfone groups is 1. The number of hydrogen-bond donors (Lipinski definition) is 1. The van der Waals surface area contributed by atoms with Crippen LogP contribution in [0.3, 0.4) is 0 Å². The van der Waals surface area contributed by atoms with Crippen LogP contribution >= 0.6 is 0 Å². The minimum atomic E-state index is -3.45. The molecule has 2 aromatic rings. The average Bonchev–Trinajstić information content (AvgIpc) is 3.17. The first-order chi connectivity index (χ1) is 14.9. The first-order valence-electron chi connectivity index (χ1n) is 11.3. The van der Waals surface area contributed by atoms with E-state index < -0.39 is 9.84 Å². The van der Waals surface area contributed by atoms with Crippen LogP contribution in [0.2, 0.25) is 0 Å². The van der Waals surface area contributed by atoms with Crippen molar-refractivity contribution >= 4 is 15.7 Å². The maximum atomic E-state index is 12.1. The summed E-state index contributed by atoms with van der Waals surface area (Å²) in [6.07, 6.45) is 7.62. The third-order valence-electron chi connectivity index (χ3n) is 7.71. The van der Waals surface area contributed by atoms with Gasteiger partial charge in [0.15, 0.2) is 9.84 Å². The fourth-order valence-electron chi connectivity index (χ4n) is 5.86. The lowest BCUT2D eigenvalue weighted by molar-refractivity contribution is -0.0610. The Hall–Kier alpha value is -1.97. The van der Waals surface area contributed by atoms with Crippen LogP contribution in [0.5, 0.6) is 0 Å². The Bertz CT molecular complexity index is 1110. The molecule has 31 heavy (non-hydrogen) atoms. The third kappa shape index (κ3) is 3.29. The van der Waals surface area contributed by atoms with Crippen LogP contribution < -0.4 is 5.73 Å². The zero-order chi connectivity index (χ0) is 21.3. The molecular formula is C22H29N5O3S. The second kappa shape index (κ2) is 7.02. The Morgan fingerprint density at radius 3 is 2.42 bits per heavy atom. The molecule has 0 spiro atoms. The summed E-state index contributed by atoms with van der Waals surface area (Å²) < 4.78 is 31.9. The molecule has 0 radical (unpaired) electrons. The molecule has 0 unspecified atom stereocenters. The topological polar surface area (TPSA) is 103 Å². The number of fused-ring (bicyclic) bond motifs is 1. The summed E-state index contributed by atoms with van der Waals surface area (Å²) in [5, 5.41) is 4.99. The maximum absolute atomic E-state index is 12.1. The fraction of sp³-hybridized carbons (Fsp3) is 0.636. The van der Waals surface area contributed by atoms with Crippen molar-refractivity contribution in [2.24, 2.45) is 11.8 Å². The van der Waals surface area contributed by atoms with Crippen molar-refractivity contribution in [3.8, 4) is 11.3 Å². The SMILES string of the molecule is CS(=O)(=O)c1cc(-c2cc([C@H]3[C@@H]4CN(C5COC5)C[C@@H]43)n(C3CCCC3)n2)cnc1N. The second-order valence-electron chi connectivity index (χ2n) is 9.72. The highest BCUT2D eigenvalue weighted by Crippen LogP contribution is 2.59. The zero-order valence-corrected chi connectivity index (χ0v) is 18.6. The van der Waals surface area contributed by atoms with E-state index in [1.165, 1.54) is 18.5 Å². The van der Waals surface area contributed by atoms with Crippen molar-refractivity contribution in [3.05, 3.63) is 24.0 Å². The summed E-state index contributed by atoms with van der Waals surface area (Å²) >= 11 is 0. The lowest BCUT2D eigenvalue weighted by atomic mass is 10.1. The van der Waals surface area contributed by atoms with Gasteiger partial charge >= 0.3 is 0 Å². The predicted molar refractivity (Wildman–Crippen MR) is 116 cm³/mol. The normalized spacial score (nSPS) is 29.3. The molecule has 4 heterocycles. The van der Waals surface area contributed by atoms with Gasteiger partial charge in [-0.3, -0.25) is 9.58 Å². The second-order valence-corrected chi connectivity index (χ2v) is 11.7. The molecular weight excluding hydrogens is 414 g/mol. The van der Waals surface area contributed by atoms with E-state index in [2.05, 4.69) is 20.6 Å². The third-order valence-corrected chi connectivity index (χ3v) is 8.84. The largest absolute Gasteiger partial charge is 0.383 e. The number of likely N-dealkylation sites (tertiary alicyclic amines) is 1.